The molecule has 0 spiro atoms. The highest BCUT2D eigenvalue weighted by Gasteiger charge is 2.15. The van der Waals surface area contributed by atoms with Gasteiger partial charge in [-0.15, -0.1) is 24.0 Å². The molecule has 108 valence electrons. The summed E-state index contributed by atoms with van der Waals surface area (Å²) >= 11 is 2.03. The minimum Gasteiger partial charge on any atom is -0.355 e. The Morgan fingerprint density at radius 2 is 2.37 bits per heavy atom. The Hall–Kier alpha value is -0.510. The van der Waals surface area contributed by atoms with Gasteiger partial charge in [0, 0.05) is 18.8 Å². The van der Waals surface area contributed by atoms with Gasteiger partial charge in [-0.05, 0) is 25.5 Å². The summed E-state index contributed by atoms with van der Waals surface area (Å²) in [7, 11) is 1.76. The van der Waals surface area contributed by atoms with Crippen LogP contribution in [0.25, 0.3) is 0 Å². The lowest BCUT2D eigenvalue weighted by Crippen LogP contribution is -2.39. The molecule has 1 atom stereocenters. The summed E-state index contributed by atoms with van der Waals surface area (Å²) in [5.41, 5.74) is 0. The van der Waals surface area contributed by atoms with Gasteiger partial charge in [0.2, 0.25) is 5.89 Å². The second-order valence-electron chi connectivity index (χ2n) is 4.18. The van der Waals surface area contributed by atoms with Crippen LogP contribution in [0.2, 0.25) is 0 Å². The van der Waals surface area contributed by atoms with Crippen LogP contribution in [0.3, 0.4) is 0 Å². The van der Waals surface area contributed by atoms with Gasteiger partial charge in [-0.25, -0.2) is 0 Å². The Labute approximate surface area is 134 Å². The number of hydrogen-bond donors (Lipinski definition) is 2. The second kappa shape index (κ2) is 8.62. The van der Waals surface area contributed by atoms with Crippen LogP contribution in [0.5, 0.6) is 0 Å². The molecule has 0 aromatic carbocycles. The van der Waals surface area contributed by atoms with Crippen molar-refractivity contribution in [2.45, 2.75) is 31.6 Å². The van der Waals surface area contributed by atoms with Crippen LogP contribution in [-0.2, 0) is 6.54 Å². The summed E-state index contributed by atoms with van der Waals surface area (Å²) in [4.78, 5) is 8.29. The molecule has 2 N–H and O–H groups in total. The molecule has 8 heteroatoms. The van der Waals surface area contributed by atoms with E-state index in [0.717, 1.165) is 12.5 Å². The van der Waals surface area contributed by atoms with Crippen LogP contribution in [-0.4, -0.2) is 40.7 Å². The number of aliphatic imine (C=N–C) groups is 1. The third-order valence-electron chi connectivity index (χ3n) is 2.72. The summed E-state index contributed by atoms with van der Waals surface area (Å²) in [6.45, 7) is 3.25. The number of rotatable bonds is 4. The van der Waals surface area contributed by atoms with E-state index in [4.69, 9.17) is 4.52 Å². The monoisotopic (exact) mass is 397 g/mol. The van der Waals surface area contributed by atoms with Crippen molar-refractivity contribution in [2.24, 2.45) is 4.99 Å². The molecule has 0 saturated carbocycles. The minimum absolute atomic E-state index is 0. The van der Waals surface area contributed by atoms with Crippen molar-refractivity contribution >= 4 is 41.7 Å². The van der Waals surface area contributed by atoms with Crippen LogP contribution in [0.4, 0.5) is 0 Å². The van der Waals surface area contributed by atoms with E-state index in [2.05, 4.69) is 25.8 Å². The fourth-order valence-corrected chi connectivity index (χ4v) is 3.01. The van der Waals surface area contributed by atoms with Gasteiger partial charge in [0.1, 0.15) is 0 Å². The highest BCUT2D eigenvalue weighted by Crippen LogP contribution is 2.25. The number of aryl methyl sites for hydroxylation is 1. The first kappa shape index (κ1) is 16.5. The van der Waals surface area contributed by atoms with Crippen molar-refractivity contribution in [3.05, 3.63) is 11.7 Å². The number of hydrogen-bond acceptors (Lipinski definition) is 5. The molecule has 1 fully saturated rings. The molecule has 19 heavy (non-hydrogen) atoms. The Kier molecular flexibility index (Phi) is 7.51. The SMILES string of the molecule is CN=C(NCc1nc(C)no1)NCC1CCCS1.I. The molecule has 2 rings (SSSR count). The van der Waals surface area contributed by atoms with Gasteiger partial charge in [-0.2, -0.15) is 16.7 Å². The lowest BCUT2D eigenvalue weighted by molar-refractivity contribution is 0.371. The molecule has 1 unspecified atom stereocenters. The molecule has 1 aromatic heterocycles. The number of aromatic nitrogens is 2. The largest absolute Gasteiger partial charge is 0.355 e. The first-order valence-electron chi connectivity index (χ1n) is 6.13. The normalized spacial score (nSPS) is 19.1. The van der Waals surface area contributed by atoms with E-state index in [9.17, 15) is 0 Å². The Morgan fingerprint density at radius 1 is 1.53 bits per heavy atom. The van der Waals surface area contributed by atoms with Crippen LogP contribution < -0.4 is 10.6 Å². The average molecular weight is 397 g/mol. The maximum atomic E-state index is 5.03. The van der Waals surface area contributed by atoms with E-state index in [-0.39, 0.29) is 24.0 Å². The van der Waals surface area contributed by atoms with Gasteiger partial charge in [0.25, 0.3) is 0 Å². The topological polar surface area (TPSA) is 75.3 Å². The predicted molar refractivity (Wildman–Crippen MR) is 88.1 cm³/mol. The molecule has 2 heterocycles. The second-order valence-corrected chi connectivity index (χ2v) is 5.59. The van der Waals surface area contributed by atoms with Gasteiger partial charge >= 0.3 is 0 Å². The molecule has 0 amide bonds. The van der Waals surface area contributed by atoms with Crippen LogP contribution in [0.1, 0.15) is 24.6 Å². The smallest absolute Gasteiger partial charge is 0.246 e. The zero-order chi connectivity index (χ0) is 12.8. The van der Waals surface area contributed by atoms with E-state index in [0.29, 0.717) is 23.5 Å². The van der Waals surface area contributed by atoms with Gasteiger partial charge < -0.3 is 15.2 Å². The third-order valence-corrected chi connectivity index (χ3v) is 4.12. The number of halogens is 1. The van der Waals surface area contributed by atoms with Crippen molar-refractivity contribution in [3.8, 4) is 0 Å². The summed E-state index contributed by atoms with van der Waals surface area (Å²) in [5.74, 6) is 3.28. The molecule has 0 radical (unpaired) electrons. The van der Waals surface area contributed by atoms with Gasteiger partial charge in [0.15, 0.2) is 11.8 Å². The lowest BCUT2D eigenvalue weighted by Gasteiger charge is -2.13. The standard InChI is InChI=1S/C11H19N5OS.HI/c1-8-15-10(17-16-8)7-14-11(12-2)13-6-9-4-3-5-18-9;/h9H,3-7H2,1-2H3,(H2,12,13,14);1H. The quantitative estimate of drug-likeness (QED) is 0.456. The molecule has 1 aliphatic rings. The number of thioether (sulfide) groups is 1. The maximum absolute atomic E-state index is 5.03. The van der Waals surface area contributed by atoms with Crippen molar-refractivity contribution in [3.63, 3.8) is 0 Å². The predicted octanol–water partition coefficient (Wildman–Crippen LogP) is 1.56. The van der Waals surface area contributed by atoms with Crippen LogP contribution in [0, 0.1) is 6.92 Å². The first-order valence-corrected chi connectivity index (χ1v) is 7.18. The fourth-order valence-electron chi connectivity index (χ4n) is 1.81. The highest BCUT2D eigenvalue weighted by atomic mass is 127. The average Bonchev–Trinajstić information content (AvgIpc) is 3.01. The van der Waals surface area contributed by atoms with Crippen LogP contribution >= 0.6 is 35.7 Å². The van der Waals surface area contributed by atoms with Gasteiger partial charge in [-0.1, -0.05) is 5.16 Å². The van der Waals surface area contributed by atoms with E-state index in [1.165, 1.54) is 18.6 Å². The molecule has 0 aliphatic carbocycles. The molecular formula is C11H20IN5OS. The Bertz CT molecular complexity index is 406. The summed E-state index contributed by atoms with van der Waals surface area (Å²) < 4.78 is 5.03. The number of nitrogens with zero attached hydrogens (tertiary/aromatic N) is 3. The zero-order valence-electron chi connectivity index (χ0n) is 11.2. The van der Waals surface area contributed by atoms with Crippen LogP contribution in [0.15, 0.2) is 9.52 Å². The summed E-state index contributed by atoms with van der Waals surface area (Å²) in [5, 5.41) is 10.9. The van der Waals surface area contributed by atoms with Crippen molar-refractivity contribution in [1.29, 1.82) is 0 Å². The van der Waals surface area contributed by atoms with Crippen molar-refractivity contribution < 1.29 is 4.52 Å². The minimum atomic E-state index is 0. The molecule has 6 nitrogen and oxygen atoms in total. The van der Waals surface area contributed by atoms with E-state index in [1.807, 2.05) is 11.8 Å². The molecule has 0 bridgehead atoms. The number of nitrogens with one attached hydrogen (secondary N) is 2. The Balaban J connectivity index is 0.00000180. The Morgan fingerprint density at radius 3 is 2.95 bits per heavy atom. The van der Waals surface area contributed by atoms with Gasteiger partial charge in [0.05, 0.1) is 6.54 Å². The molecule has 1 aliphatic heterocycles. The van der Waals surface area contributed by atoms with E-state index < -0.39 is 0 Å². The van der Waals surface area contributed by atoms with Crippen molar-refractivity contribution in [1.82, 2.24) is 20.8 Å². The third kappa shape index (κ3) is 5.55. The summed E-state index contributed by atoms with van der Waals surface area (Å²) in [6.07, 6.45) is 2.61. The first-order chi connectivity index (χ1) is 8.78. The van der Waals surface area contributed by atoms with E-state index in [1.54, 1.807) is 14.0 Å². The van der Waals surface area contributed by atoms with E-state index >= 15 is 0 Å². The summed E-state index contributed by atoms with van der Waals surface area (Å²) in [6, 6.07) is 0. The molecule has 1 aromatic rings. The van der Waals surface area contributed by atoms with Crippen molar-refractivity contribution in [2.75, 3.05) is 19.3 Å². The zero-order valence-corrected chi connectivity index (χ0v) is 14.3. The lowest BCUT2D eigenvalue weighted by atomic mass is 10.2. The highest BCUT2D eigenvalue weighted by molar-refractivity contribution is 14.0. The number of guanidine groups is 1. The fraction of sp³-hybridized carbons (Fsp3) is 0.727. The molecular weight excluding hydrogens is 377 g/mol. The molecule has 1 saturated heterocycles. The van der Waals surface area contributed by atoms with Gasteiger partial charge in [-0.3, -0.25) is 4.99 Å². The maximum Gasteiger partial charge on any atom is 0.246 e.